The Hall–Kier alpha value is -0.380. The highest BCUT2D eigenvalue weighted by Gasteiger charge is 2.28. The second-order valence-electron chi connectivity index (χ2n) is 5.51. The molecule has 0 saturated heterocycles. The van der Waals surface area contributed by atoms with Gasteiger partial charge in [0.1, 0.15) is 5.82 Å². The highest BCUT2D eigenvalue weighted by atomic mass is 35.5. The van der Waals surface area contributed by atoms with Crippen LogP contribution < -0.4 is 0 Å². The van der Waals surface area contributed by atoms with Crippen LogP contribution in [0.5, 0.6) is 0 Å². The standard InChI is InChI=1S/C16H20Cl2N2S/c1-2-21-13-5-4-12(10-13)20-15-9-11(18)3-6-14(15)19-16(20)7-8-17/h3,6,9,12-13H,2,4-5,7-8,10H2,1H3. The number of aryl methyl sites for hydroxylation is 1. The first-order valence-electron chi connectivity index (χ1n) is 7.56. The predicted molar refractivity (Wildman–Crippen MR) is 94.0 cm³/mol. The topological polar surface area (TPSA) is 17.8 Å². The van der Waals surface area contributed by atoms with E-state index in [1.54, 1.807) is 0 Å². The number of halogens is 2. The van der Waals surface area contributed by atoms with Crippen molar-refractivity contribution in [2.45, 2.75) is 43.9 Å². The Morgan fingerprint density at radius 1 is 1.38 bits per heavy atom. The van der Waals surface area contributed by atoms with Crippen LogP contribution in [0, 0.1) is 0 Å². The molecule has 2 unspecified atom stereocenters. The van der Waals surface area contributed by atoms with Gasteiger partial charge < -0.3 is 4.57 Å². The summed E-state index contributed by atoms with van der Waals surface area (Å²) in [6.45, 7) is 2.24. The van der Waals surface area contributed by atoms with E-state index in [0.29, 0.717) is 11.9 Å². The molecule has 0 spiro atoms. The molecule has 3 rings (SSSR count). The van der Waals surface area contributed by atoms with Gasteiger partial charge in [-0.25, -0.2) is 4.98 Å². The average Bonchev–Trinajstić information content (AvgIpc) is 3.03. The van der Waals surface area contributed by atoms with E-state index in [0.717, 1.165) is 33.6 Å². The summed E-state index contributed by atoms with van der Waals surface area (Å²) < 4.78 is 2.40. The van der Waals surface area contributed by atoms with Gasteiger partial charge in [-0.2, -0.15) is 11.8 Å². The summed E-state index contributed by atoms with van der Waals surface area (Å²) in [6.07, 6.45) is 4.57. The molecule has 1 saturated carbocycles. The first-order chi connectivity index (χ1) is 10.2. The summed E-state index contributed by atoms with van der Waals surface area (Å²) in [6, 6.07) is 6.51. The highest BCUT2D eigenvalue weighted by molar-refractivity contribution is 7.99. The van der Waals surface area contributed by atoms with Crippen LogP contribution in [0.15, 0.2) is 18.2 Å². The molecule has 5 heteroatoms. The Labute approximate surface area is 140 Å². The van der Waals surface area contributed by atoms with Gasteiger partial charge in [-0.1, -0.05) is 18.5 Å². The Kier molecular flexibility index (Phi) is 5.03. The minimum absolute atomic E-state index is 0.538. The molecule has 1 aromatic heterocycles. The van der Waals surface area contributed by atoms with E-state index in [1.807, 2.05) is 18.2 Å². The maximum absolute atomic E-state index is 6.19. The van der Waals surface area contributed by atoms with Crippen molar-refractivity contribution in [3.63, 3.8) is 0 Å². The summed E-state index contributed by atoms with van der Waals surface area (Å²) in [5.41, 5.74) is 2.20. The van der Waals surface area contributed by atoms with Crippen LogP contribution in [0.1, 0.15) is 38.1 Å². The number of hydrogen-bond donors (Lipinski definition) is 0. The van der Waals surface area contributed by atoms with Crippen molar-refractivity contribution in [3.8, 4) is 0 Å². The maximum atomic E-state index is 6.19. The molecule has 1 fully saturated rings. The molecule has 21 heavy (non-hydrogen) atoms. The fraction of sp³-hybridized carbons (Fsp3) is 0.562. The molecule has 1 aliphatic rings. The van der Waals surface area contributed by atoms with Crippen LogP contribution in [0.25, 0.3) is 11.0 Å². The van der Waals surface area contributed by atoms with E-state index in [-0.39, 0.29) is 0 Å². The molecular formula is C16H20Cl2N2S. The second kappa shape index (κ2) is 6.80. The number of imidazole rings is 1. The number of benzene rings is 1. The molecule has 114 valence electrons. The van der Waals surface area contributed by atoms with Gasteiger partial charge in [-0.3, -0.25) is 0 Å². The molecule has 0 N–H and O–H groups in total. The third-order valence-electron chi connectivity index (χ3n) is 4.17. The lowest BCUT2D eigenvalue weighted by molar-refractivity contribution is 0.514. The highest BCUT2D eigenvalue weighted by Crippen LogP contribution is 2.39. The first-order valence-corrected chi connectivity index (χ1v) is 9.53. The van der Waals surface area contributed by atoms with Crippen LogP contribution in [-0.4, -0.2) is 26.4 Å². The monoisotopic (exact) mass is 342 g/mol. The fourth-order valence-corrected chi connectivity index (χ4v) is 4.79. The van der Waals surface area contributed by atoms with E-state index >= 15 is 0 Å². The molecular weight excluding hydrogens is 323 g/mol. The van der Waals surface area contributed by atoms with Crippen LogP contribution >= 0.6 is 35.0 Å². The zero-order valence-corrected chi connectivity index (χ0v) is 14.5. The molecule has 2 atom stereocenters. The number of nitrogens with zero attached hydrogens (tertiary/aromatic N) is 2. The molecule has 2 nitrogen and oxygen atoms in total. The molecule has 0 radical (unpaired) electrons. The van der Waals surface area contributed by atoms with Gasteiger partial charge in [-0.05, 0) is 43.2 Å². The number of thioether (sulfide) groups is 1. The summed E-state index contributed by atoms with van der Waals surface area (Å²) in [7, 11) is 0. The number of rotatable bonds is 5. The summed E-state index contributed by atoms with van der Waals surface area (Å²) in [4.78, 5) is 4.77. The molecule has 1 aromatic carbocycles. The van der Waals surface area contributed by atoms with Crippen molar-refractivity contribution in [1.82, 2.24) is 9.55 Å². The lowest BCUT2D eigenvalue weighted by Gasteiger charge is -2.17. The Bertz CT molecular complexity index is 626. The van der Waals surface area contributed by atoms with E-state index in [9.17, 15) is 0 Å². The molecule has 0 amide bonds. The largest absolute Gasteiger partial charge is 0.325 e. The van der Waals surface area contributed by atoms with Gasteiger partial charge in [-0.15, -0.1) is 11.6 Å². The van der Waals surface area contributed by atoms with Crippen molar-refractivity contribution in [1.29, 1.82) is 0 Å². The number of aromatic nitrogens is 2. The maximum Gasteiger partial charge on any atom is 0.111 e. The lowest BCUT2D eigenvalue weighted by atomic mass is 10.2. The van der Waals surface area contributed by atoms with Crippen LogP contribution in [0.2, 0.25) is 5.02 Å². The fourth-order valence-electron chi connectivity index (χ4n) is 3.32. The smallest absolute Gasteiger partial charge is 0.111 e. The summed E-state index contributed by atoms with van der Waals surface area (Å²) in [5.74, 6) is 2.91. The van der Waals surface area contributed by atoms with Crippen molar-refractivity contribution in [2.24, 2.45) is 0 Å². The third kappa shape index (κ3) is 3.20. The Morgan fingerprint density at radius 3 is 3.00 bits per heavy atom. The zero-order valence-electron chi connectivity index (χ0n) is 12.2. The van der Waals surface area contributed by atoms with Gasteiger partial charge in [0.15, 0.2) is 0 Å². The molecule has 0 bridgehead atoms. The molecule has 1 aliphatic carbocycles. The third-order valence-corrected chi connectivity index (χ3v) is 5.82. The minimum Gasteiger partial charge on any atom is -0.325 e. The van der Waals surface area contributed by atoms with Gasteiger partial charge >= 0.3 is 0 Å². The van der Waals surface area contributed by atoms with Crippen molar-refractivity contribution < 1.29 is 0 Å². The van der Waals surface area contributed by atoms with Crippen molar-refractivity contribution in [2.75, 3.05) is 11.6 Å². The average molecular weight is 343 g/mol. The second-order valence-corrected chi connectivity index (χ2v) is 7.91. The predicted octanol–water partition coefficient (Wildman–Crippen LogP) is 5.32. The van der Waals surface area contributed by atoms with Crippen LogP contribution in [0.4, 0.5) is 0 Å². The SMILES string of the molecule is CCSC1CCC(n2c(CCCl)nc3ccc(Cl)cc32)C1. The Balaban J connectivity index is 1.99. The van der Waals surface area contributed by atoms with Crippen molar-refractivity contribution >= 4 is 46.0 Å². The molecule has 1 heterocycles. The number of hydrogen-bond acceptors (Lipinski definition) is 2. The zero-order chi connectivity index (χ0) is 14.8. The quantitative estimate of drug-likeness (QED) is 0.684. The summed E-state index contributed by atoms with van der Waals surface area (Å²) in [5, 5.41) is 1.55. The van der Waals surface area contributed by atoms with Gasteiger partial charge in [0.2, 0.25) is 0 Å². The van der Waals surface area contributed by atoms with Crippen LogP contribution in [-0.2, 0) is 6.42 Å². The number of fused-ring (bicyclic) bond motifs is 1. The minimum atomic E-state index is 0.538. The lowest BCUT2D eigenvalue weighted by Crippen LogP contribution is -2.11. The van der Waals surface area contributed by atoms with Crippen molar-refractivity contribution in [3.05, 3.63) is 29.0 Å². The van der Waals surface area contributed by atoms with E-state index in [1.165, 1.54) is 25.0 Å². The van der Waals surface area contributed by atoms with Crippen LogP contribution in [0.3, 0.4) is 0 Å². The number of alkyl halides is 1. The van der Waals surface area contributed by atoms with E-state index in [2.05, 4.69) is 23.3 Å². The molecule has 2 aromatic rings. The normalized spacial score (nSPS) is 22.2. The summed E-state index contributed by atoms with van der Waals surface area (Å²) >= 11 is 14.2. The van der Waals surface area contributed by atoms with E-state index in [4.69, 9.17) is 28.2 Å². The Morgan fingerprint density at radius 2 is 2.24 bits per heavy atom. The van der Waals surface area contributed by atoms with Gasteiger partial charge in [0, 0.05) is 28.6 Å². The van der Waals surface area contributed by atoms with Gasteiger partial charge in [0.25, 0.3) is 0 Å². The molecule has 0 aliphatic heterocycles. The van der Waals surface area contributed by atoms with Gasteiger partial charge in [0.05, 0.1) is 11.0 Å². The van der Waals surface area contributed by atoms with E-state index < -0.39 is 0 Å². The first kappa shape index (κ1) is 15.5.